The fraction of sp³-hybridized carbons (Fsp3) is 0.440. The van der Waals surface area contributed by atoms with E-state index in [0.29, 0.717) is 54.3 Å². The maximum atomic E-state index is 13.7. The van der Waals surface area contributed by atoms with Gasteiger partial charge >= 0.3 is 6.18 Å². The van der Waals surface area contributed by atoms with Crippen LogP contribution in [-0.2, 0) is 19.0 Å². The molecule has 3 aromatic heterocycles. The summed E-state index contributed by atoms with van der Waals surface area (Å²) in [5, 5.41) is 14.7. The molecule has 8 nitrogen and oxygen atoms in total. The number of aryl methyl sites for hydroxylation is 1. The Kier molecular flexibility index (Phi) is 5.29. The average molecular weight is 498 g/mol. The molecule has 0 bridgehead atoms. The molecule has 2 N–H and O–H groups in total. The van der Waals surface area contributed by atoms with Crippen molar-refractivity contribution in [2.45, 2.75) is 44.3 Å². The summed E-state index contributed by atoms with van der Waals surface area (Å²) in [5.41, 5.74) is 2.72. The second-order valence-electron chi connectivity index (χ2n) is 9.89. The van der Waals surface area contributed by atoms with E-state index < -0.39 is 11.9 Å². The number of hydrogen-bond donors (Lipinski definition) is 2. The van der Waals surface area contributed by atoms with E-state index in [-0.39, 0.29) is 11.5 Å². The van der Waals surface area contributed by atoms with Gasteiger partial charge in [0.25, 0.3) is 5.91 Å². The van der Waals surface area contributed by atoms with Gasteiger partial charge in [0.2, 0.25) is 0 Å². The summed E-state index contributed by atoms with van der Waals surface area (Å²) in [6.07, 6.45) is 0.615. The first kappa shape index (κ1) is 23.0. The van der Waals surface area contributed by atoms with Crippen molar-refractivity contribution < 1.29 is 18.0 Å². The van der Waals surface area contributed by atoms with Crippen LogP contribution in [0.25, 0.3) is 33.1 Å². The van der Waals surface area contributed by atoms with Gasteiger partial charge in [-0.2, -0.15) is 23.4 Å². The van der Waals surface area contributed by atoms with Crippen molar-refractivity contribution in [3.05, 3.63) is 40.8 Å². The molecule has 1 aliphatic carbocycles. The second-order valence-corrected chi connectivity index (χ2v) is 9.89. The van der Waals surface area contributed by atoms with Gasteiger partial charge in [0.05, 0.1) is 28.5 Å². The van der Waals surface area contributed by atoms with Gasteiger partial charge in [0, 0.05) is 29.9 Å². The monoisotopic (exact) mass is 497 g/mol. The molecule has 6 rings (SSSR count). The summed E-state index contributed by atoms with van der Waals surface area (Å²) in [7, 11) is 4.02. The first-order valence-corrected chi connectivity index (χ1v) is 12.1. The van der Waals surface area contributed by atoms with Crippen LogP contribution in [0, 0.1) is 0 Å². The number of amides is 1. The predicted octanol–water partition coefficient (Wildman–Crippen LogP) is 4.17. The molecule has 4 heterocycles. The number of fused-ring (bicyclic) bond motifs is 5. The van der Waals surface area contributed by atoms with Crippen LogP contribution in [0.15, 0.2) is 18.3 Å². The average Bonchev–Trinajstić information content (AvgIpc) is 3.61. The molecule has 1 unspecified atom stereocenters. The molecule has 0 saturated carbocycles. The molecule has 1 aromatic carbocycles. The van der Waals surface area contributed by atoms with Gasteiger partial charge in [-0.05, 0) is 69.5 Å². The molecule has 4 aromatic rings. The molecule has 188 valence electrons. The smallest absolute Gasteiger partial charge is 0.336 e. The van der Waals surface area contributed by atoms with Gasteiger partial charge in [-0.15, -0.1) is 0 Å². The number of halogens is 3. The number of rotatable bonds is 3. The van der Waals surface area contributed by atoms with Crippen LogP contribution in [0.5, 0.6) is 0 Å². The fourth-order valence-corrected chi connectivity index (χ4v) is 5.69. The number of likely N-dealkylation sites (N-methyl/N-ethyl adjacent to an activating group) is 1. The van der Waals surface area contributed by atoms with Crippen molar-refractivity contribution in [3.8, 4) is 11.3 Å². The zero-order valence-corrected chi connectivity index (χ0v) is 20.0. The standard InChI is InChI=1S/C25H26F3N7O/c1-34(2)13-9-10-35(12-13)24(36)22-20-18(31-32-22)8-7-17-19(20)14-5-3-4-6-15(14)21(30-17)16-11-29-33-23(16)25(26,27)28/h7-8,11,13H,3-6,9-10,12H2,1-2H3,(H,29,33)(H,31,32). The number of nitrogens with zero attached hydrogens (tertiary/aromatic N) is 5. The van der Waals surface area contributed by atoms with Gasteiger partial charge in [0.1, 0.15) is 5.69 Å². The lowest BCUT2D eigenvalue weighted by molar-refractivity contribution is -0.140. The van der Waals surface area contributed by atoms with E-state index in [1.54, 1.807) is 12.1 Å². The first-order valence-electron chi connectivity index (χ1n) is 12.1. The highest BCUT2D eigenvalue weighted by atomic mass is 19.4. The summed E-state index contributed by atoms with van der Waals surface area (Å²) in [6.45, 7) is 1.29. The third-order valence-corrected chi connectivity index (χ3v) is 7.56. The van der Waals surface area contributed by atoms with Crippen LogP contribution in [0.3, 0.4) is 0 Å². The van der Waals surface area contributed by atoms with Crippen molar-refractivity contribution >= 4 is 27.7 Å². The van der Waals surface area contributed by atoms with E-state index >= 15 is 0 Å². The normalized spacial score (nSPS) is 18.5. The maximum Gasteiger partial charge on any atom is 0.433 e. The lowest BCUT2D eigenvalue weighted by Crippen LogP contribution is -2.34. The van der Waals surface area contributed by atoms with E-state index in [2.05, 4.69) is 25.3 Å². The number of H-pyrrole nitrogens is 2. The molecule has 1 saturated heterocycles. The minimum absolute atomic E-state index is 0.0436. The Morgan fingerprint density at radius 3 is 2.61 bits per heavy atom. The molecule has 1 atom stereocenters. The second kappa shape index (κ2) is 8.29. The zero-order valence-electron chi connectivity index (χ0n) is 20.0. The van der Waals surface area contributed by atoms with Crippen LogP contribution in [0.2, 0.25) is 0 Å². The van der Waals surface area contributed by atoms with Gasteiger partial charge in [-0.25, -0.2) is 4.98 Å². The largest absolute Gasteiger partial charge is 0.433 e. The molecule has 36 heavy (non-hydrogen) atoms. The van der Waals surface area contributed by atoms with Crippen LogP contribution in [-0.4, -0.2) is 74.3 Å². The quantitative estimate of drug-likeness (QED) is 0.443. The Morgan fingerprint density at radius 2 is 1.89 bits per heavy atom. The summed E-state index contributed by atoms with van der Waals surface area (Å²) in [6, 6.07) is 3.87. The maximum absolute atomic E-state index is 13.7. The van der Waals surface area contributed by atoms with Gasteiger partial charge in [-0.3, -0.25) is 15.0 Å². The number of benzene rings is 1. The van der Waals surface area contributed by atoms with Crippen molar-refractivity contribution in [3.63, 3.8) is 0 Å². The molecule has 2 aliphatic rings. The first-order chi connectivity index (χ1) is 17.2. The molecule has 1 amide bonds. The highest BCUT2D eigenvalue weighted by Crippen LogP contribution is 2.42. The number of nitrogens with one attached hydrogen (secondary N) is 2. The Hall–Kier alpha value is -3.47. The van der Waals surface area contributed by atoms with E-state index in [4.69, 9.17) is 4.98 Å². The minimum atomic E-state index is -4.57. The SMILES string of the molecule is CN(C)C1CCN(C(=O)c2n[nH]c3ccc4nc(-c5cn[nH]c5C(F)(F)F)c5c(c4c23)CCCC5)C1. The number of alkyl halides is 3. The van der Waals surface area contributed by atoms with Gasteiger partial charge in [0.15, 0.2) is 5.69 Å². The number of carbonyl (C=O) groups excluding carboxylic acids is 1. The van der Waals surface area contributed by atoms with Crippen LogP contribution in [0.1, 0.15) is 46.6 Å². The lowest BCUT2D eigenvalue weighted by atomic mass is 9.85. The molecule has 0 radical (unpaired) electrons. The van der Waals surface area contributed by atoms with Gasteiger partial charge < -0.3 is 9.80 Å². The van der Waals surface area contributed by atoms with Crippen LogP contribution >= 0.6 is 0 Å². The highest BCUT2D eigenvalue weighted by Gasteiger charge is 2.38. The minimum Gasteiger partial charge on any atom is -0.336 e. The van der Waals surface area contributed by atoms with Gasteiger partial charge in [-0.1, -0.05) is 0 Å². The third-order valence-electron chi connectivity index (χ3n) is 7.56. The molecular weight excluding hydrogens is 471 g/mol. The van der Waals surface area contributed by atoms with Crippen molar-refractivity contribution in [2.75, 3.05) is 27.2 Å². The van der Waals surface area contributed by atoms with E-state index in [0.717, 1.165) is 41.3 Å². The van der Waals surface area contributed by atoms with Crippen molar-refractivity contribution in [2.24, 2.45) is 0 Å². The lowest BCUT2D eigenvalue weighted by Gasteiger charge is -2.22. The molecule has 0 spiro atoms. The topological polar surface area (TPSA) is 93.8 Å². The summed E-state index contributed by atoms with van der Waals surface area (Å²) >= 11 is 0. The summed E-state index contributed by atoms with van der Waals surface area (Å²) in [4.78, 5) is 22.3. The van der Waals surface area contributed by atoms with Crippen LogP contribution in [0.4, 0.5) is 13.2 Å². The number of aromatic amines is 2. The number of likely N-dealkylation sites (tertiary alicyclic amines) is 1. The van der Waals surface area contributed by atoms with Crippen molar-refractivity contribution in [1.82, 2.24) is 35.2 Å². The van der Waals surface area contributed by atoms with E-state index in [1.807, 2.05) is 19.0 Å². The Bertz CT molecular complexity index is 1490. The predicted molar refractivity (Wildman–Crippen MR) is 129 cm³/mol. The molecule has 11 heteroatoms. The Labute approximate surface area is 204 Å². The Morgan fingerprint density at radius 1 is 1.11 bits per heavy atom. The number of aromatic nitrogens is 5. The molecule has 1 fully saturated rings. The highest BCUT2D eigenvalue weighted by molar-refractivity contribution is 6.17. The Balaban J connectivity index is 1.55. The van der Waals surface area contributed by atoms with Crippen molar-refractivity contribution in [1.29, 1.82) is 0 Å². The van der Waals surface area contributed by atoms with E-state index in [9.17, 15) is 18.0 Å². The molecule has 1 aliphatic heterocycles. The number of hydrogen-bond acceptors (Lipinski definition) is 5. The molecular formula is C25H26F3N7O. The van der Waals surface area contributed by atoms with E-state index in [1.165, 1.54) is 6.20 Å². The fourth-order valence-electron chi connectivity index (χ4n) is 5.69. The number of carbonyl (C=O) groups is 1. The zero-order chi connectivity index (χ0) is 25.2. The third kappa shape index (κ3) is 3.56. The number of pyridine rings is 1. The summed E-state index contributed by atoms with van der Waals surface area (Å²) in [5.74, 6) is -0.138. The summed E-state index contributed by atoms with van der Waals surface area (Å²) < 4.78 is 41.1. The van der Waals surface area contributed by atoms with Crippen LogP contribution < -0.4 is 0 Å².